The van der Waals surface area contributed by atoms with Gasteiger partial charge in [-0.3, -0.25) is 14.2 Å². The lowest BCUT2D eigenvalue weighted by atomic mass is 10.2. The van der Waals surface area contributed by atoms with Crippen LogP contribution in [0.1, 0.15) is 28.7 Å². The number of carbonyl (C=O) groups excluding carboxylic acids is 1. The zero-order valence-corrected chi connectivity index (χ0v) is 15.7. The third kappa shape index (κ3) is 3.14. The van der Waals surface area contributed by atoms with Gasteiger partial charge in [0.05, 0.1) is 16.7 Å². The van der Waals surface area contributed by atoms with Crippen LogP contribution in [-0.4, -0.2) is 25.7 Å². The maximum atomic E-state index is 12.6. The lowest BCUT2D eigenvalue weighted by Crippen LogP contribution is -2.20. The van der Waals surface area contributed by atoms with Crippen molar-refractivity contribution in [2.75, 3.05) is 5.75 Å². The predicted octanol–water partition coefficient (Wildman–Crippen LogP) is 3.35. The molecule has 0 fully saturated rings. The molecule has 3 rings (SSSR count). The first-order valence-corrected chi connectivity index (χ1v) is 9.21. The van der Waals surface area contributed by atoms with Crippen molar-refractivity contribution in [3.63, 3.8) is 0 Å². The average molecular weight is 355 g/mol. The van der Waals surface area contributed by atoms with Gasteiger partial charge >= 0.3 is 0 Å². The number of carbonyl (C=O) groups is 1. The number of aromatic nitrogens is 3. The second-order valence-corrected chi connectivity index (χ2v) is 6.96. The van der Waals surface area contributed by atoms with Crippen LogP contribution in [0.5, 0.6) is 0 Å². The number of fused-ring (bicyclic) bond motifs is 1. The predicted molar refractivity (Wildman–Crippen MR) is 102 cm³/mol. The lowest BCUT2D eigenvalue weighted by Gasteiger charge is -2.08. The molecule has 0 N–H and O–H groups in total. The second-order valence-electron chi connectivity index (χ2n) is 6.02. The maximum absolute atomic E-state index is 12.6. The molecule has 2 heterocycles. The van der Waals surface area contributed by atoms with E-state index >= 15 is 0 Å². The summed E-state index contributed by atoms with van der Waals surface area (Å²) in [5.41, 5.74) is 3.39. The van der Waals surface area contributed by atoms with Crippen LogP contribution in [0.2, 0.25) is 0 Å². The van der Waals surface area contributed by atoms with Gasteiger partial charge in [0, 0.05) is 30.5 Å². The number of hydrogen-bond donors (Lipinski definition) is 0. The van der Waals surface area contributed by atoms with Gasteiger partial charge in [-0.2, -0.15) is 0 Å². The molecular weight excluding hydrogens is 334 g/mol. The van der Waals surface area contributed by atoms with Crippen LogP contribution in [0.4, 0.5) is 0 Å². The fraction of sp³-hybridized carbons (Fsp3) is 0.316. The fourth-order valence-electron chi connectivity index (χ4n) is 3.10. The number of rotatable bonds is 5. The van der Waals surface area contributed by atoms with E-state index in [1.807, 2.05) is 38.1 Å². The summed E-state index contributed by atoms with van der Waals surface area (Å²) in [4.78, 5) is 29.6. The molecular formula is C19H21N3O2S. The van der Waals surface area contributed by atoms with Gasteiger partial charge in [0.1, 0.15) is 0 Å². The molecule has 0 spiro atoms. The van der Waals surface area contributed by atoms with E-state index in [0.29, 0.717) is 16.1 Å². The van der Waals surface area contributed by atoms with Crippen molar-refractivity contribution in [2.24, 2.45) is 7.05 Å². The molecule has 0 radical (unpaired) electrons. The Morgan fingerprint density at radius 1 is 1.24 bits per heavy atom. The number of para-hydroxylation sites is 1. The third-order valence-corrected chi connectivity index (χ3v) is 5.49. The van der Waals surface area contributed by atoms with Crippen LogP contribution in [0.15, 0.2) is 40.3 Å². The number of Topliss-reactive ketones (excluding diaryl/α,β-unsaturated/α-hetero) is 1. The highest BCUT2D eigenvalue weighted by molar-refractivity contribution is 7.99. The topological polar surface area (TPSA) is 56.9 Å². The van der Waals surface area contributed by atoms with E-state index < -0.39 is 0 Å². The number of thioether (sulfide) groups is 1. The first-order chi connectivity index (χ1) is 11.9. The quantitative estimate of drug-likeness (QED) is 0.400. The number of nitrogens with zero attached hydrogens (tertiary/aromatic N) is 3. The smallest absolute Gasteiger partial charge is 0.261 e. The number of benzene rings is 1. The molecule has 2 aromatic heterocycles. The Bertz CT molecular complexity index is 1020. The standard InChI is InChI=1S/C19H21N3O2S/c1-5-22-12(2)10-15(13(22)3)17(23)11-25-19-20-16-9-7-6-8-14(16)18(24)21(19)4/h6-10H,5,11H2,1-4H3. The average Bonchev–Trinajstić information content (AvgIpc) is 2.90. The summed E-state index contributed by atoms with van der Waals surface area (Å²) >= 11 is 1.30. The van der Waals surface area contributed by atoms with E-state index in [-0.39, 0.29) is 17.1 Å². The molecule has 0 amide bonds. The van der Waals surface area contributed by atoms with Gasteiger partial charge in [-0.15, -0.1) is 0 Å². The summed E-state index contributed by atoms with van der Waals surface area (Å²) in [5, 5.41) is 1.15. The Hall–Kier alpha value is -2.34. The SMILES string of the molecule is CCn1c(C)cc(C(=O)CSc2nc3ccccc3c(=O)n2C)c1C. The largest absolute Gasteiger partial charge is 0.349 e. The summed E-state index contributed by atoms with van der Waals surface area (Å²) in [6.45, 7) is 6.89. The van der Waals surface area contributed by atoms with Crippen molar-refractivity contribution in [1.29, 1.82) is 0 Å². The molecule has 0 atom stereocenters. The molecule has 0 unspecified atom stereocenters. The van der Waals surface area contributed by atoms with Crippen LogP contribution in [0, 0.1) is 13.8 Å². The Balaban J connectivity index is 1.87. The maximum Gasteiger partial charge on any atom is 0.261 e. The summed E-state index contributed by atoms with van der Waals surface area (Å²) in [6.07, 6.45) is 0. The summed E-state index contributed by atoms with van der Waals surface area (Å²) in [7, 11) is 1.69. The van der Waals surface area contributed by atoms with Gasteiger partial charge in [-0.25, -0.2) is 4.98 Å². The molecule has 25 heavy (non-hydrogen) atoms. The Labute approximate surface area is 150 Å². The van der Waals surface area contributed by atoms with Crippen molar-refractivity contribution in [3.05, 3.63) is 57.6 Å². The van der Waals surface area contributed by atoms with Crippen molar-refractivity contribution >= 4 is 28.4 Å². The lowest BCUT2D eigenvalue weighted by molar-refractivity contribution is 0.102. The first-order valence-electron chi connectivity index (χ1n) is 8.22. The highest BCUT2D eigenvalue weighted by Gasteiger charge is 2.17. The highest BCUT2D eigenvalue weighted by Crippen LogP contribution is 2.21. The molecule has 0 aliphatic heterocycles. The van der Waals surface area contributed by atoms with Gasteiger partial charge in [0.25, 0.3) is 5.56 Å². The van der Waals surface area contributed by atoms with Crippen LogP contribution < -0.4 is 5.56 Å². The van der Waals surface area contributed by atoms with Crippen LogP contribution in [-0.2, 0) is 13.6 Å². The molecule has 0 aliphatic rings. The van der Waals surface area contributed by atoms with Gasteiger partial charge in [0.15, 0.2) is 10.9 Å². The Morgan fingerprint density at radius 2 is 1.96 bits per heavy atom. The van der Waals surface area contributed by atoms with E-state index in [0.717, 1.165) is 23.5 Å². The molecule has 6 heteroatoms. The van der Waals surface area contributed by atoms with Gasteiger partial charge in [0.2, 0.25) is 0 Å². The molecule has 0 saturated carbocycles. The number of hydrogen-bond acceptors (Lipinski definition) is 4. The van der Waals surface area contributed by atoms with Gasteiger partial charge in [-0.05, 0) is 39.0 Å². The van der Waals surface area contributed by atoms with E-state index in [2.05, 4.69) is 16.5 Å². The minimum atomic E-state index is -0.0929. The van der Waals surface area contributed by atoms with Crippen LogP contribution in [0.25, 0.3) is 10.9 Å². The fourth-order valence-corrected chi connectivity index (χ4v) is 3.96. The van der Waals surface area contributed by atoms with Gasteiger partial charge in [-0.1, -0.05) is 23.9 Å². The number of ketones is 1. The Morgan fingerprint density at radius 3 is 2.64 bits per heavy atom. The number of aryl methyl sites for hydroxylation is 1. The van der Waals surface area contributed by atoms with E-state index in [4.69, 9.17) is 0 Å². The van der Waals surface area contributed by atoms with Crippen molar-refractivity contribution in [3.8, 4) is 0 Å². The molecule has 5 nitrogen and oxygen atoms in total. The molecule has 0 saturated heterocycles. The van der Waals surface area contributed by atoms with Crippen molar-refractivity contribution in [1.82, 2.24) is 14.1 Å². The summed E-state index contributed by atoms with van der Waals surface area (Å²) < 4.78 is 3.64. The third-order valence-electron chi connectivity index (χ3n) is 4.46. The molecule has 0 bridgehead atoms. The molecule has 1 aromatic carbocycles. The molecule has 0 aliphatic carbocycles. The van der Waals surface area contributed by atoms with Crippen molar-refractivity contribution < 1.29 is 4.79 Å². The van der Waals surface area contributed by atoms with Gasteiger partial charge < -0.3 is 4.57 Å². The zero-order valence-electron chi connectivity index (χ0n) is 14.9. The van der Waals surface area contributed by atoms with E-state index in [1.165, 1.54) is 16.3 Å². The minimum absolute atomic E-state index is 0.0557. The van der Waals surface area contributed by atoms with Crippen LogP contribution in [0.3, 0.4) is 0 Å². The minimum Gasteiger partial charge on any atom is -0.349 e. The monoisotopic (exact) mass is 355 g/mol. The van der Waals surface area contributed by atoms with E-state index in [9.17, 15) is 9.59 Å². The second kappa shape index (κ2) is 6.88. The van der Waals surface area contributed by atoms with Crippen molar-refractivity contribution in [2.45, 2.75) is 32.5 Å². The first kappa shape index (κ1) is 17.5. The van der Waals surface area contributed by atoms with E-state index in [1.54, 1.807) is 13.1 Å². The normalized spacial score (nSPS) is 11.2. The summed E-state index contributed by atoms with van der Waals surface area (Å²) in [6, 6.07) is 9.20. The molecule has 3 aromatic rings. The summed E-state index contributed by atoms with van der Waals surface area (Å²) in [5.74, 6) is 0.312. The molecule has 130 valence electrons. The zero-order chi connectivity index (χ0) is 18.1. The Kier molecular flexibility index (Phi) is 4.81. The van der Waals surface area contributed by atoms with Crippen LogP contribution >= 0.6 is 11.8 Å². The highest BCUT2D eigenvalue weighted by atomic mass is 32.2.